The molecule has 108 valence electrons. The van der Waals surface area contributed by atoms with Crippen molar-refractivity contribution >= 4 is 11.3 Å². The van der Waals surface area contributed by atoms with Crippen LogP contribution in [0.3, 0.4) is 0 Å². The first-order valence-corrected chi connectivity index (χ1v) is 8.17. The van der Waals surface area contributed by atoms with Crippen molar-refractivity contribution in [2.75, 3.05) is 13.1 Å². The molecule has 0 aliphatic carbocycles. The quantitative estimate of drug-likeness (QED) is 0.620. The molecule has 0 saturated carbocycles. The number of aromatic nitrogens is 1. The Balaban J connectivity index is 2.11. The standard InChI is InChI=1S/C14H26N4S/c1-3-14(2,18-7-5-4-6-8-18)13(17-15)9-12-10-16-11-19-12/h10-11,13,17H,3-9,15H2,1-2H3. The van der Waals surface area contributed by atoms with E-state index in [-0.39, 0.29) is 11.6 Å². The zero-order chi connectivity index (χ0) is 13.7. The molecule has 5 heteroatoms. The predicted octanol–water partition coefficient (Wildman–Crippen LogP) is 2.17. The summed E-state index contributed by atoms with van der Waals surface area (Å²) in [4.78, 5) is 8.10. The smallest absolute Gasteiger partial charge is 0.0794 e. The highest BCUT2D eigenvalue weighted by Crippen LogP contribution is 2.29. The Morgan fingerprint density at radius 1 is 1.47 bits per heavy atom. The molecule has 1 aliphatic heterocycles. The predicted molar refractivity (Wildman–Crippen MR) is 81.0 cm³/mol. The summed E-state index contributed by atoms with van der Waals surface area (Å²) in [5.74, 6) is 5.87. The van der Waals surface area contributed by atoms with Crippen LogP contribution in [0.25, 0.3) is 0 Å². The first kappa shape index (κ1) is 14.9. The molecule has 1 saturated heterocycles. The minimum absolute atomic E-state index is 0.124. The van der Waals surface area contributed by atoms with Gasteiger partial charge in [-0.1, -0.05) is 13.3 Å². The van der Waals surface area contributed by atoms with E-state index in [1.54, 1.807) is 11.3 Å². The molecule has 0 radical (unpaired) electrons. The van der Waals surface area contributed by atoms with E-state index in [9.17, 15) is 0 Å². The van der Waals surface area contributed by atoms with E-state index in [1.807, 2.05) is 11.7 Å². The maximum absolute atomic E-state index is 5.87. The molecule has 1 aromatic rings. The number of piperidine rings is 1. The Hall–Kier alpha value is -0.490. The number of nitrogens with one attached hydrogen (secondary N) is 1. The minimum Gasteiger partial charge on any atom is -0.296 e. The van der Waals surface area contributed by atoms with Gasteiger partial charge < -0.3 is 0 Å². The van der Waals surface area contributed by atoms with E-state index in [4.69, 9.17) is 5.84 Å². The third-order valence-corrected chi connectivity index (χ3v) is 5.44. The molecule has 1 fully saturated rings. The molecule has 1 aromatic heterocycles. The van der Waals surface area contributed by atoms with Crippen molar-refractivity contribution in [3.63, 3.8) is 0 Å². The second-order valence-corrected chi connectivity index (χ2v) is 6.62. The molecule has 0 aromatic carbocycles. The van der Waals surface area contributed by atoms with Crippen LogP contribution in [0.15, 0.2) is 11.7 Å². The molecule has 0 amide bonds. The normalized spacial score (nSPS) is 22.1. The lowest BCUT2D eigenvalue weighted by molar-refractivity contribution is 0.0431. The van der Waals surface area contributed by atoms with Crippen molar-refractivity contribution in [1.82, 2.24) is 15.3 Å². The molecule has 2 rings (SSSR count). The zero-order valence-electron chi connectivity index (χ0n) is 12.1. The highest BCUT2D eigenvalue weighted by molar-refractivity contribution is 7.09. The van der Waals surface area contributed by atoms with Crippen LogP contribution in [-0.2, 0) is 6.42 Å². The third-order valence-electron chi connectivity index (χ3n) is 4.63. The summed E-state index contributed by atoms with van der Waals surface area (Å²) >= 11 is 1.71. The van der Waals surface area contributed by atoms with Gasteiger partial charge in [0.1, 0.15) is 0 Å². The molecule has 4 nitrogen and oxygen atoms in total. The SMILES string of the molecule is CCC(C)(C(Cc1cncs1)NN)N1CCCCC1. The number of thiazole rings is 1. The lowest BCUT2D eigenvalue weighted by Gasteiger charge is -2.47. The highest BCUT2D eigenvalue weighted by atomic mass is 32.1. The fourth-order valence-corrected chi connectivity index (χ4v) is 3.74. The molecule has 0 spiro atoms. The van der Waals surface area contributed by atoms with Crippen LogP contribution in [0.2, 0.25) is 0 Å². The summed E-state index contributed by atoms with van der Waals surface area (Å²) in [5, 5.41) is 0. The van der Waals surface area contributed by atoms with E-state index in [1.165, 1.54) is 37.2 Å². The van der Waals surface area contributed by atoms with Crippen molar-refractivity contribution in [2.45, 2.75) is 57.5 Å². The number of hydrogen-bond donors (Lipinski definition) is 2. The van der Waals surface area contributed by atoms with E-state index in [2.05, 4.69) is 29.2 Å². The fraction of sp³-hybridized carbons (Fsp3) is 0.786. The lowest BCUT2D eigenvalue weighted by atomic mass is 9.84. The monoisotopic (exact) mass is 282 g/mol. The molecule has 3 N–H and O–H groups in total. The molecule has 2 unspecified atom stereocenters. The van der Waals surface area contributed by atoms with Gasteiger partial charge in [-0.15, -0.1) is 11.3 Å². The molecule has 0 bridgehead atoms. The summed E-state index contributed by atoms with van der Waals surface area (Å²) in [6.07, 6.45) is 8.02. The molecular formula is C14H26N4S. The summed E-state index contributed by atoms with van der Waals surface area (Å²) < 4.78 is 0. The average Bonchev–Trinajstić information content (AvgIpc) is 2.98. The summed E-state index contributed by atoms with van der Waals surface area (Å²) in [6.45, 7) is 7.02. The average molecular weight is 282 g/mol. The van der Waals surface area contributed by atoms with Crippen molar-refractivity contribution < 1.29 is 0 Å². The Labute approximate surface area is 120 Å². The van der Waals surface area contributed by atoms with Gasteiger partial charge in [0.2, 0.25) is 0 Å². The van der Waals surface area contributed by atoms with Crippen LogP contribution >= 0.6 is 11.3 Å². The van der Waals surface area contributed by atoms with Gasteiger partial charge in [0.15, 0.2) is 0 Å². The number of nitrogens with zero attached hydrogens (tertiary/aromatic N) is 2. The van der Waals surface area contributed by atoms with Crippen LogP contribution < -0.4 is 11.3 Å². The molecular weight excluding hydrogens is 256 g/mol. The Kier molecular flexibility index (Phi) is 5.33. The maximum atomic E-state index is 5.87. The highest BCUT2D eigenvalue weighted by Gasteiger charge is 2.38. The van der Waals surface area contributed by atoms with Gasteiger partial charge in [0.25, 0.3) is 0 Å². The van der Waals surface area contributed by atoms with Crippen molar-refractivity contribution in [2.24, 2.45) is 5.84 Å². The first-order valence-electron chi connectivity index (χ1n) is 7.29. The van der Waals surface area contributed by atoms with E-state index in [0.717, 1.165) is 12.8 Å². The molecule has 2 atom stereocenters. The number of hydrazine groups is 1. The number of likely N-dealkylation sites (tertiary alicyclic amines) is 1. The van der Waals surface area contributed by atoms with Gasteiger partial charge in [0.05, 0.1) is 5.51 Å². The van der Waals surface area contributed by atoms with Crippen LogP contribution in [0.4, 0.5) is 0 Å². The minimum atomic E-state index is 0.124. The van der Waals surface area contributed by atoms with Gasteiger partial charge in [-0.25, -0.2) is 0 Å². The van der Waals surface area contributed by atoms with Crippen molar-refractivity contribution in [3.05, 3.63) is 16.6 Å². The van der Waals surface area contributed by atoms with Gasteiger partial charge in [-0.3, -0.25) is 21.2 Å². The van der Waals surface area contributed by atoms with Gasteiger partial charge >= 0.3 is 0 Å². The Morgan fingerprint density at radius 3 is 2.74 bits per heavy atom. The third kappa shape index (κ3) is 3.34. The molecule has 1 aliphatic rings. The fourth-order valence-electron chi connectivity index (χ4n) is 3.10. The first-order chi connectivity index (χ1) is 9.20. The van der Waals surface area contributed by atoms with Gasteiger partial charge in [-0.05, 0) is 39.3 Å². The molecule has 19 heavy (non-hydrogen) atoms. The number of hydrogen-bond acceptors (Lipinski definition) is 5. The van der Waals surface area contributed by atoms with Crippen LogP contribution in [0.1, 0.15) is 44.4 Å². The molecule has 2 heterocycles. The van der Waals surface area contributed by atoms with E-state index < -0.39 is 0 Å². The van der Waals surface area contributed by atoms with E-state index in [0.29, 0.717) is 0 Å². The second kappa shape index (κ2) is 6.79. The van der Waals surface area contributed by atoms with Crippen LogP contribution in [-0.4, -0.2) is 34.6 Å². The Morgan fingerprint density at radius 2 is 2.21 bits per heavy atom. The maximum Gasteiger partial charge on any atom is 0.0794 e. The summed E-state index contributed by atoms with van der Waals surface area (Å²) in [6, 6.07) is 0.274. The van der Waals surface area contributed by atoms with Crippen LogP contribution in [0, 0.1) is 0 Å². The Bertz CT molecular complexity index is 362. The summed E-state index contributed by atoms with van der Waals surface area (Å²) in [5.41, 5.74) is 5.09. The lowest BCUT2D eigenvalue weighted by Crippen LogP contribution is -2.62. The topological polar surface area (TPSA) is 54.2 Å². The number of rotatable bonds is 6. The van der Waals surface area contributed by atoms with Crippen molar-refractivity contribution in [1.29, 1.82) is 0 Å². The van der Waals surface area contributed by atoms with Crippen LogP contribution in [0.5, 0.6) is 0 Å². The van der Waals surface area contributed by atoms with E-state index >= 15 is 0 Å². The second-order valence-electron chi connectivity index (χ2n) is 5.65. The van der Waals surface area contributed by atoms with Crippen molar-refractivity contribution in [3.8, 4) is 0 Å². The largest absolute Gasteiger partial charge is 0.296 e. The summed E-state index contributed by atoms with van der Waals surface area (Å²) in [7, 11) is 0. The van der Waals surface area contributed by atoms with Gasteiger partial charge in [0, 0.05) is 29.1 Å². The van der Waals surface area contributed by atoms with Gasteiger partial charge in [-0.2, -0.15) is 0 Å². The zero-order valence-corrected chi connectivity index (χ0v) is 12.9. The number of nitrogens with two attached hydrogens (primary N) is 1.